The number of hydrogen-bond acceptors (Lipinski definition) is 3. The van der Waals surface area contributed by atoms with Crippen molar-refractivity contribution in [2.75, 3.05) is 18.2 Å². The summed E-state index contributed by atoms with van der Waals surface area (Å²) in [6.45, 7) is 0. The zero-order chi connectivity index (χ0) is 15.9. The normalized spacial score (nSPS) is 10.3. The molecule has 0 atom stereocenters. The minimum Gasteiger partial charge on any atom is -0.496 e. The maximum absolute atomic E-state index is 13.3. The third-order valence-electron chi connectivity index (χ3n) is 2.88. The highest BCUT2D eigenvalue weighted by atomic mass is 127. The van der Waals surface area contributed by atoms with Crippen LogP contribution in [0.1, 0.15) is 5.56 Å². The van der Waals surface area contributed by atoms with Crippen molar-refractivity contribution in [3.05, 3.63) is 57.4 Å². The first-order valence-electron chi connectivity index (χ1n) is 6.54. The van der Waals surface area contributed by atoms with E-state index in [2.05, 4.69) is 27.9 Å². The highest BCUT2D eigenvalue weighted by Crippen LogP contribution is 2.24. The summed E-state index contributed by atoms with van der Waals surface area (Å²) in [5.74, 6) is 1.06. The van der Waals surface area contributed by atoms with Gasteiger partial charge in [-0.15, -0.1) is 11.8 Å². The van der Waals surface area contributed by atoms with Crippen LogP contribution in [0.4, 0.5) is 10.1 Å². The first kappa shape index (κ1) is 17.1. The minimum atomic E-state index is -0.306. The molecule has 0 aliphatic rings. The van der Waals surface area contributed by atoms with Gasteiger partial charge in [0.05, 0.1) is 18.6 Å². The molecule has 2 rings (SSSR count). The molecule has 2 aromatic carbocycles. The van der Waals surface area contributed by atoms with E-state index in [-0.39, 0.29) is 11.7 Å². The second kappa shape index (κ2) is 8.38. The molecule has 0 saturated carbocycles. The third kappa shape index (κ3) is 4.88. The van der Waals surface area contributed by atoms with Crippen molar-refractivity contribution < 1.29 is 13.9 Å². The Bertz CT molecular complexity index is 666. The lowest BCUT2D eigenvalue weighted by atomic mass is 10.2. The molecule has 2 aromatic rings. The molecule has 0 saturated heterocycles. The number of rotatable bonds is 6. The Morgan fingerprint density at radius 3 is 2.82 bits per heavy atom. The van der Waals surface area contributed by atoms with Crippen LogP contribution in [0, 0.1) is 9.39 Å². The molecule has 0 bridgehead atoms. The van der Waals surface area contributed by atoms with Crippen LogP contribution in [-0.2, 0) is 10.5 Å². The molecule has 0 fully saturated rings. The van der Waals surface area contributed by atoms with Crippen LogP contribution in [0.3, 0.4) is 0 Å². The molecule has 0 heterocycles. The number of carbonyl (C=O) groups is 1. The number of thioether (sulfide) groups is 1. The average Bonchev–Trinajstić information content (AvgIpc) is 2.50. The molecular formula is C16H15FINO2S. The number of carbonyl (C=O) groups excluding carboxylic acids is 1. The summed E-state index contributed by atoms with van der Waals surface area (Å²) < 4.78 is 19.4. The summed E-state index contributed by atoms with van der Waals surface area (Å²) >= 11 is 3.59. The number of para-hydroxylation sites is 1. The summed E-state index contributed by atoms with van der Waals surface area (Å²) in [5, 5.41) is 2.86. The van der Waals surface area contributed by atoms with E-state index in [9.17, 15) is 9.18 Å². The summed E-state index contributed by atoms with van der Waals surface area (Å²) in [7, 11) is 1.55. The van der Waals surface area contributed by atoms with Gasteiger partial charge in [-0.05, 0) is 52.9 Å². The quantitative estimate of drug-likeness (QED) is 0.693. The number of nitrogens with one attached hydrogen (secondary N) is 1. The number of methoxy groups -OCH3 is 1. The Hall–Kier alpha value is -1.28. The molecular weight excluding hydrogens is 416 g/mol. The second-order valence-corrected chi connectivity index (χ2v) is 6.62. The summed E-state index contributed by atoms with van der Waals surface area (Å²) in [4.78, 5) is 11.9. The van der Waals surface area contributed by atoms with Crippen molar-refractivity contribution in [3.63, 3.8) is 0 Å². The van der Waals surface area contributed by atoms with Crippen molar-refractivity contribution >= 4 is 45.9 Å². The lowest BCUT2D eigenvalue weighted by Gasteiger charge is -2.09. The third-order valence-corrected chi connectivity index (χ3v) is 4.80. The fourth-order valence-corrected chi connectivity index (χ4v) is 3.19. The molecule has 3 nitrogen and oxygen atoms in total. The highest BCUT2D eigenvalue weighted by Gasteiger charge is 2.08. The number of benzene rings is 2. The predicted octanol–water partition coefficient (Wildman–Crippen LogP) is 4.31. The second-order valence-electron chi connectivity index (χ2n) is 4.48. The summed E-state index contributed by atoms with van der Waals surface area (Å²) in [6, 6.07) is 12.0. The molecule has 0 unspecified atom stereocenters. The molecule has 0 aliphatic carbocycles. The molecule has 0 aromatic heterocycles. The van der Waals surface area contributed by atoms with E-state index in [4.69, 9.17) is 4.74 Å². The lowest BCUT2D eigenvalue weighted by Crippen LogP contribution is -2.15. The first-order chi connectivity index (χ1) is 10.6. The Labute approximate surface area is 146 Å². The fourth-order valence-electron chi connectivity index (χ4n) is 1.86. The van der Waals surface area contributed by atoms with Crippen LogP contribution in [0.2, 0.25) is 0 Å². The Balaban J connectivity index is 1.87. The minimum absolute atomic E-state index is 0.0792. The SMILES string of the molecule is COc1ccc(F)cc1CSCC(=O)Nc1ccccc1I. The Morgan fingerprint density at radius 2 is 2.09 bits per heavy atom. The van der Waals surface area contributed by atoms with Crippen LogP contribution >= 0.6 is 34.4 Å². The van der Waals surface area contributed by atoms with E-state index < -0.39 is 0 Å². The first-order valence-corrected chi connectivity index (χ1v) is 8.78. The van der Waals surface area contributed by atoms with Crippen LogP contribution in [0.25, 0.3) is 0 Å². The molecule has 0 spiro atoms. The molecule has 116 valence electrons. The highest BCUT2D eigenvalue weighted by molar-refractivity contribution is 14.1. The van der Waals surface area contributed by atoms with Gasteiger partial charge < -0.3 is 10.1 Å². The van der Waals surface area contributed by atoms with Gasteiger partial charge in [0, 0.05) is 14.9 Å². The van der Waals surface area contributed by atoms with Gasteiger partial charge in [-0.3, -0.25) is 4.79 Å². The predicted molar refractivity (Wildman–Crippen MR) is 96.9 cm³/mol. The zero-order valence-electron chi connectivity index (χ0n) is 11.9. The number of amides is 1. The standard InChI is InChI=1S/C16H15FINO2S/c1-21-15-7-6-12(17)8-11(15)9-22-10-16(20)19-14-5-3-2-4-13(14)18/h2-8H,9-10H2,1H3,(H,19,20). The number of hydrogen-bond donors (Lipinski definition) is 1. The number of halogens is 2. The van der Waals surface area contributed by atoms with E-state index >= 15 is 0 Å². The van der Waals surface area contributed by atoms with Crippen molar-refractivity contribution in [2.24, 2.45) is 0 Å². The van der Waals surface area contributed by atoms with Crippen molar-refractivity contribution in [1.29, 1.82) is 0 Å². The van der Waals surface area contributed by atoms with Gasteiger partial charge in [0.1, 0.15) is 11.6 Å². The monoisotopic (exact) mass is 431 g/mol. The molecule has 1 N–H and O–H groups in total. The van der Waals surface area contributed by atoms with Gasteiger partial charge in [0.15, 0.2) is 0 Å². The summed E-state index contributed by atoms with van der Waals surface area (Å²) in [5.41, 5.74) is 1.55. The van der Waals surface area contributed by atoms with Gasteiger partial charge in [0.2, 0.25) is 5.91 Å². The Morgan fingerprint density at radius 1 is 1.32 bits per heavy atom. The topological polar surface area (TPSA) is 38.3 Å². The van der Waals surface area contributed by atoms with E-state index in [0.29, 0.717) is 17.3 Å². The lowest BCUT2D eigenvalue weighted by molar-refractivity contribution is -0.113. The maximum atomic E-state index is 13.3. The Kier molecular flexibility index (Phi) is 6.50. The van der Waals surface area contributed by atoms with Crippen LogP contribution < -0.4 is 10.1 Å². The van der Waals surface area contributed by atoms with Crippen molar-refractivity contribution in [2.45, 2.75) is 5.75 Å². The van der Waals surface area contributed by atoms with E-state index in [1.807, 2.05) is 24.3 Å². The summed E-state index contributed by atoms with van der Waals surface area (Å²) in [6.07, 6.45) is 0. The van der Waals surface area contributed by atoms with E-state index in [1.165, 1.54) is 23.9 Å². The van der Waals surface area contributed by atoms with E-state index in [0.717, 1.165) is 14.8 Å². The van der Waals surface area contributed by atoms with Crippen LogP contribution in [-0.4, -0.2) is 18.8 Å². The molecule has 1 amide bonds. The molecule has 22 heavy (non-hydrogen) atoms. The van der Waals surface area contributed by atoms with Gasteiger partial charge in [-0.1, -0.05) is 12.1 Å². The fraction of sp³-hybridized carbons (Fsp3) is 0.188. The number of ether oxygens (including phenoxy) is 1. The maximum Gasteiger partial charge on any atom is 0.234 e. The van der Waals surface area contributed by atoms with Crippen molar-refractivity contribution in [3.8, 4) is 5.75 Å². The molecule has 0 radical (unpaired) electrons. The van der Waals surface area contributed by atoms with Crippen LogP contribution in [0.5, 0.6) is 5.75 Å². The zero-order valence-corrected chi connectivity index (χ0v) is 14.9. The van der Waals surface area contributed by atoms with Gasteiger partial charge in [-0.2, -0.15) is 0 Å². The van der Waals surface area contributed by atoms with Crippen LogP contribution in [0.15, 0.2) is 42.5 Å². The van der Waals surface area contributed by atoms with Gasteiger partial charge in [0.25, 0.3) is 0 Å². The largest absolute Gasteiger partial charge is 0.496 e. The molecule has 6 heteroatoms. The average molecular weight is 431 g/mol. The van der Waals surface area contributed by atoms with Gasteiger partial charge >= 0.3 is 0 Å². The molecule has 0 aliphatic heterocycles. The van der Waals surface area contributed by atoms with Gasteiger partial charge in [-0.25, -0.2) is 4.39 Å². The van der Waals surface area contributed by atoms with E-state index in [1.54, 1.807) is 13.2 Å². The number of anilines is 1. The smallest absolute Gasteiger partial charge is 0.234 e. The van der Waals surface area contributed by atoms with Crippen molar-refractivity contribution in [1.82, 2.24) is 0 Å².